The Bertz CT molecular complexity index is 1320. The summed E-state index contributed by atoms with van der Waals surface area (Å²) in [6.07, 6.45) is 1.45. The van der Waals surface area contributed by atoms with Gasteiger partial charge in [0.2, 0.25) is 11.7 Å². The van der Waals surface area contributed by atoms with Crippen molar-refractivity contribution in [1.29, 1.82) is 0 Å². The molecule has 0 unspecified atom stereocenters. The number of aryl methyl sites for hydroxylation is 1. The molecule has 0 spiro atoms. The molecule has 2 aromatic heterocycles. The molecule has 160 valence electrons. The smallest absolute Gasteiger partial charge is 0.325 e. The molecular weight excluding hydrogens is 412 g/mol. The Kier molecular flexibility index (Phi) is 4.51. The Morgan fingerprint density at radius 2 is 1.97 bits per heavy atom. The van der Waals surface area contributed by atoms with Crippen LogP contribution in [-0.4, -0.2) is 47.2 Å². The highest BCUT2D eigenvalue weighted by Gasteiger charge is 2.49. The number of carbonyl (C=O) groups excluding carboxylic acids is 2. The van der Waals surface area contributed by atoms with Gasteiger partial charge in [-0.2, -0.15) is 4.98 Å². The Labute approximate surface area is 182 Å². The van der Waals surface area contributed by atoms with Gasteiger partial charge >= 0.3 is 6.03 Å². The Hall–Kier alpha value is -4.41. The van der Waals surface area contributed by atoms with E-state index in [0.29, 0.717) is 17.1 Å². The van der Waals surface area contributed by atoms with Gasteiger partial charge in [0.05, 0.1) is 5.69 Å². The first-order chi connectivity index (χ1) is 15.5. The molecule has 1 saturated heterocycles. The number of hydrogen-bond donors (Lipinski definition) is 1. The molecule has 1 N–H and O–H groups in total. The second kappa shape index (κ2) is 7.38. The van der Waals surface area contributed by atoms with Crippen molar-refractivity contribution in [3.63, 3.8) is 0 Å². The van der Waals surface area contributed by atoms with Gasteiger partial charge in [-0.3, -0.25) is 9.69 Å². The highest BCUT2D eigenvalue weighted by Crippen LogP contribution is 2.31. The third-order valence-electron chi connectivity index (χ3n) is 5.46. The maximum atomic E-state index is 13.3. The average Bonchev–Trinajstić information content (AvgIpc) is 3.53. The summed E-state index contributed by atoms with van der Waals surface area (Å²) in [4.78, 5) is 31.4. The molecule has 3 amide bonds. The lowest BCUT2D eigenvalue weighted by atomic mass is 9.91. The lowest BCUT2D eigenvalue weighted by Crippen LogP contribution is -2.40. The lowest BCUT2D eigenvalue weighted by molar-refractivity contribution is -0.131. The first-order valence-electron chi connectivity index (χ1n) is 9.82. The van der Waals surface area contributed by atoms with Gasteiger partial charge < -0.3 is 9.84 Å². The number of rotatable bonds is 5. The summed E-state index contributed by atoms with van der Waals surface area (Å²) in [6, 6.07) is 14.2. The fourth-order valence-corrected chi connectivity index (χ4v) is 3.66. The van der Waals surface area contributed by atoms with Crippen LogP contribution in [0.2, 0.25) is 0 Å². The molecule has 5 rings (SSSR count). The number of carbonyl (C=O) groups is 2. The van der Waals surface area contributed by atoms with Crippen LogP contribution in [0.4, 0.5) is 4.79 Å². The predicted octanol–water partition coefficient (Wildman–Crippen LogP) is 1.99. The van der Waals surface area contributed by atoms with Crippen molar-refractivity contribution < 1.29 is 14.1 Å². The number of hydrogen-bond acceptors (Lipinski definition) is 8. The van der Waals surface area contributed by atoms with E-state index in [-0.39, 0.29) is 12.4 Å². The zero-order valence-corrected chi connectivity index (χ0v) is 17.3. The van der Waals surface area contributed by atoms with Gasteiger partial charge in [0.25, 0.3) is 5.91 Å². The van der Waals surface area contributed by atoms with E-state index in [2.05, 4.69) is 31.0 Å². The topological polar surface area (TPSA) is 132 Å². The summed E-state index contributed by atoms with van der Waals surface area (Å²) >= 11 is 0. The number of amides is 3. The number of benzene rings is 2. The average molecular weight is 430 g/mol. The minimum absolute atomic E-state index is 0.133. The standard InChI is InChI=1S/C21H18N8O3/c1-13-6-3-4-9-16(13)18-23-17(32-25-18)11-28-19(30)21(2,24-20(28)31)14-7-5-8-15(10-14)29-12-22-26-27-29/h3-10,12H,11H2,1-2H3,(H,24,31)/t21-/m1/s1. The maximum absolute atomic E-state index is 13.3. The molecule has 11 nitrogen and oxygen atoms in total. The second-order valence-corrected chi connectivity index (χ2v) is 7.58. The molecule has 11 heteroatoms. The van der Waals surface area contributed by atoms with E-state index >= 15 is 0 Å². The fourth-order valence-electron chi connectivity index (χ4n) is 3.66. The molecule has 0 saturated carbocycles. The number of imide groups is 1. The summed E-state index contributed by atoms with van der Waals surface area (Å²) < 4.78 is 6.78. The maximum Gasteiger partial charge on any atom is 0.325 e. The van der Waals surface area contributed by atoms with Gasteiger partial charge in [0, 0.05) is 5.56 Å². The van der Waals surface area contributed by atoms with Crippen LogP contribution in [0.1, 0.15) is 23.9 Å². The van der Waals surface area contributed by atoms with Crippen LogP contribution in [-0.2, 0) is 16.9 Å². The van der Waals surface area contributed by atoms with Crippen LogP contribution >= 0.6 is 0 Å². The van der Waals surface area contributed by atoms with Crippen LogP contribution < -0.4 is 5.32 Å². The van der Waals surface area contributed by atoms with Crippen LogP contribution in [0.25, 0.3) is 17.1 Å². The third-order valence-corrected chi connectivity index (χ3v) is 5.46. The van der Waals surface area contributed by atoms with Crippen molar-refractivity contribution in [3.05, 3.63) is 71.9 Å². The van der Waals surface area contributed by atoms with Crippen molar-refractivity contribution in [2.75, 3.05) is 0 Å². The van der Waals surface area contributed by atoms with Crippen molar-refractivity contribution in [1.82, 2.24) is 40.6 Å². The molecule has 0 radical (unpaired) electrons. The van der Waals surface area contributed by atoms with Crippen LogP contribution in [0.3, 0.4) is 0 Å². The van der Waals surface area contributed by atoms with Crippen LogP contribution in [0, 0.1) is 6.92 Å². The summed E-state index contributed by atoms with van der Waals surface area (Å²) in [5.74, 6) is 0.146. The monoisotopic (exact) mass is 430 g/mol. The number of aromatic nitrogens is 6. The van der Waals surface area contributed by atoms with Gasteiger partial charge in [-0.15, -0.1) is 5.10 Å². The van der Waals surface area contributed by atoms with Gasteiger partial charge in [0.15, 0.2) is 0 Å². The van der Waals surface area contributed by atoms with E-state index in [4.69, 9.17) is 4.52 Å². The number of nitrogens with one attached hydrogen (secondary N) is 1. The summed E-state index contributed by atoms with van der Waals surface area (Å²) in [5.41, 5.74) is 1.81. The Morgan fingerprint density at radius 3 is 2.75 bits per heavy atom. The molecular formula is C21H18N8O3. The number of tetrazole rings is 1. The molecule has 1 aliphatic heterocycles. The molecule has 4 aromatic rings. The Balaban J connectivity index is 1.40. The van der Waals surface area contributed by atoms with Gasteiger partial charge in [0.1, 0.15) is 18.4 Å². The highest BCUT2D eigenvalue weighted by molar-refractivity contribution is 6.07. The summed E-state index contributed by atoms with van der Waals surface area (Å²) in [5, 5.41) is 17.9. The molecule has 32 heavy (non-hydrogen) atoms. The zero-order valence-electron chi connectivity index (χ0n) is 17.3. The van der Waals surface area contributed by atoms with Crippen LogP contribution in [0.15, 0.2) is 59.4 Å². The molecule has 0 aliphatic carbocycles. The number of urea groups is 1. The zero-order chi connectivity index (χ0) is 22.3. The van der Waals surface area contributed by atoms with E-state index < -0.39 is 17.5 Å². The van der Waals surface area contributed by atoms with Crippen LogP contribution in [0.5, 0.6) is 0 Å². The molecule has 1 atom stereocenters. The van der Waals surface area contributed by atoms with Gasteiger partial charge in [-0.25, -0.2) is 9.48 Å². The quantitative estimate of drug-likeness (QED) is 0.476. The predicted molar refractivity (Wildman–Crippen MR) is 110 cm³/mol. The molecule has 3 heterocycles. The molecule has 1 aliphatic rings. The van der Waals surface area contributed by atoms with E-state index in [0.717, 1.165) is 16.0 Å². The van der Waals surface area contributed by atoms with Crippen molar-refractivity contribution in [2.24, 2.45) is 0 Å². The Morgan fingerprint density at radius 1 is 1.12 bits per heavy atom. The minimum atomic E-state index is -1.26. The SMILES string of the molecule is Cc1ccccc1-c1noc(CN2C(=O)N[C@](C)(c3cccc(-n4cnnn4)c3)C2=O)n1. The van der Waals surface area contributed by atoms with E-state index in [1.54, 1.807) is 31.2 Å². The number of nitrogens with zero attached hydrogens (tertiary/aromatic N) is 7. The minimum Gasteiger partial charge on any atom is -0.337 e. The fraction of sp³-hybridized carbons (Fsp3) is 0.190. The highest BCUT2D eigenvalue weighted by atomic mass is 16.5. The third kappa shape index (κ3) is 3.20. The summed E-state index contributed by atoms with van der Waals surface area (Å²) in [7, 11) is 0. The van der Waals surface area contributed by atoms with Crippen molar-refractivity contribution in [3.8, 4) is 17.1 Å². The summed E-state index contributed by atoms with van der Waals surface area (Å²) in [6.45, 7) is 3.46. The lowest BCUT2D eigenvalue weighted by Gasteiger charge is -2.22. The van der Waals surface area contributed by atoms with Crippen molar-refractivity contribution in [2.45, 2.75) is 25.9 Å². The molecule has 2 aromatic carbocycles. The largest absolute Gasteiger partial charge is 0.337 e. The molecule has 1 fully saturated rings. The second-order valence-electron chi connectivity index (χ2n) is 7.58. The van der Waals surface area contributed by atoms with Gasteiger partial charge in [-0.05, 0) is 47.5 Å². The first-order valence-corrected chi connectivity index (χ1v) is 9.82. The van der Waals surface area contributed by atoms with E-state index in [1.807, 2.05) is 31.2 Å². The van der Waals surface area contributed by atoms with E-state index in [1.165, 1.54) is 11.0 Å². The normalized spacial score (nSPS) is 18.2. The van der Waals surface area contributed by atoms with E-state index in [9.17, 15) is 9.59 Å². The first kappa shape index (κ1) is 19.5. The van der Waals surface area contributed by atoms with Gasteiger partial charge in [-0.1, -0.05) is 41.6 Å². The van der Waals surface area contributed by atoms with Crippen molar-refractivity contribution >= 4 is 11.9 Å². The molecule has 0 bridgehead atoms.